The van der Waals surface area contributed by atoms with Crippen LogP contribution in [0.15, 0.2) is 22.7 Å². The molecule has 1 heterocycles. The topological polar surface area (TPSA) is 105 Å². The molecule has 1 aliphatic heterocycles. The van der Waals surface area contributed by atoms with Crippen molar-refractivity contribution in [1.82, 2.24) is 10.2 Å². The molecule has 0 spiro atoms. The molecule has 4 N–H and O–H groups in total. The number of carbonyl (C=O) groups excluding carboxylic acids is 3. The molecule has 8 heteroatoms. The van der Waals surface area contributed by atoms with E-state index in [1.54, 1.807) is 23.1 Å². The third-order valence-electron chi connectivity index (χ3n) is 4.29. The molecular formula is C17H23BrN4O3. The number of nitrogens with one attached hydrogen (secondary N) is 2. The van der Waals surface area contributed by atoms with Crippen LogP contribution in [0.2, 0.25) is 0 Å². The van der Waals surface area contributed by atoms with E-state index in [2.05, 4.69) is 26.6 Å². The van der Waals surface area contributed by atoms with E-state index in [1.807, 2.05) is 13.8 Å². The van der Waals surface area contributed by atoms with Crippen LogP contribution in [0, 0.1) is 5.92 Å². The average Bonchev–Trinajstić information content (AvgIpc) is 3.04. The summed E-state index contributed by atoms with van der Waals surface area (Å²) in [4.78, 5) is 37.7. The van der Waals surface area contributed by atoms with E-state index in [4.69, 9.17) is 5.73 Å². The van der Waals surface area contributed by atoms with Gasteiger partial charge < -0.3 is 21.3 Å². The van der Waals surface area contributed by atoms with Crippen LogP contribution in [0.4, 0.5) is 11.4 Å². The number of hydrogen-bond donors (Lipinski definition) is 3. The van der Waals surface area contributed by atoms with Crippen molar-refractivity contribution in [3.8, 4) is 0 Å². The van der Waals surface area contributed by atoms with Gasteiger partial charge in [0.2, 0.25) is 18.2 Å². The van der Waals surface area contributed by atoms with Gasteiger partial charge in [-0.3, -0.25) is 14.4 Å². The van der Waals surface area contributed by atoms with Crippen LogP contribution in [0.3, 0.4) is 0 Å². The summed E-state index contributed by atoms with van der Waals surface area (Å²) in [5.74, 6) is -0.568. The maximum absolute atomic E-state index is 12.7. The van der Waals surface area contributed by atoms with E-state index in [-0.39, 0.29) is 17.7 Å². The molecule has 0 aliphatic carbocycles. The zero-order chi connectivity index (χ0) is 18.6. The summed E-state index contributed by atoms with van der Waals surface area (Å²) >= 11 is 3.32. The number of hydrogen-bond acceptors (Lipinski definition) is 4. The zero-order valence-corrected chi connectivity index (χ0v) is 15.9. The minimum Gasteiger partial charge on any atom is -0.397 e. The average molecular weight is 411 g/mol. The molecule has 1 aromatic carbocycles. The molecule has 2 atom stereocenters. The molecule has 0 radical (unpaired) electrons. The van der Waals surface area contributed by atoms with Gasteiger partial charge in [0.25, 0.3) is 0 Å². The molecule has 1 fully saturated rings. The van der Waals surface area contributed by atoms with Crippen molar-refractivity contribution in [2.24, 2.45) is 5.92 Å². The SMILES string of the molecule is CC(C)C(NC=O)C(=O)N1CCCC1C(=O)Nc1ccc(Br)cc1N. The predicted octanol–water partition coefficient (Wildman–Crippen LogP) is 1.73. The van der Waals surface area contributed by atoms with Gasteiger partial charge in [-0.2, -0.15) is 0 Å². The number of likely N-dealkylation sites (tertiary alicyclic amines) is 1. The summed E-state index contributed by atoms with van der Waals surface area (Å²) in [6.45, 7) is 4.20. The Hall–Kier alpha value is -2.09. The van der Waals surface area contributed by atoms with Gasteiger partial charge in [-0.05, 0) is 37.0 Å². The summed E-state index contributed by atoms with van der Waals surface area (Å²) < 4.78 is 0.820. The third kappa shape index (κ3) is 4.50. The van der Waals surface area contributed by atoms with Crippen molar-refractivity contribution >= 4 is 45.5 Å². The second-order valence-electron chi connectivity index (χ2n) is 6.42. The molecule has 2 rings (SSSR count). The molecule has 136 valence electrons. The monoisotopic (exact) mass is 410 g/mol. The van der Waals surface area contributed by atoms with E-state index in [0.717, 1.165) is 10.9 Å². The van der Waals surface area contributed by atoms with Gasteiger partial charge in [0.15, 0.2) is 0 Å². The van der Waals surface area contributed by atoms with Crippen LogP contribution in [0.5, 0.6) is 0 Å². The molecule has 25 heavy (non-hydrogen) atoms. The van der Waals surface area contributed by atoms with E-state index in [1.165, 1.54) is 0 Å². The second kappa shape index (κ2) is 8.33. The predicted molar refractivity (Wildman–Crippen MR) is 99.7 cm³/mol. The van der Waals surface area contributed by atoms with Crippen molar-refractivity contribution in [1.29, 1.82) is 0 Å². The Labute approximate surface area is 155 Å². The number of anilines is 2. The van der Waals surface area contributed by atoms with Crippen LogP contribution in [0.25, 0.3) is 0 Å². The van der Waals surface area contributed by atoms with Crippen molar-refractivity contribution in [3.63, 3.8) is 0 Å². The first-order chi connectivity index (χ1) is 11.8. The Morgan fingerprint density at radius 3 is 2.72 bits per heavy atom. The summed E-state index contributed by atoms with van der Waals surface area (Å²) in [6.07, 6.45) is 1.85. The van der Waals surface area contributed by atoms with Gasteiger partial charge >= 0.3 is 0 Å². The first-order valence-electron chi connectivity index (χ1n) is 8.21. The van der Waals surface area contributed by atoms with Crippen molar-refractivity contribution in [3.05, 3.63) is 22.7 Å². The lowest BCUT2D eigenvalue weighted by Crippen LogP contribution is -2.53. The van der Waals surface area contributed by atoms with Crippen LogP contribution in [-0.4, -0.2) is 41.8 Å². The van der Waals surface area contributed by atoms with Gasteiger partial charge in [0.1, 0.15) is 12.1 Å². The zero-order valence-electron chi connectivity index (χ0n) is 14.3. The highest BCUT2D eigenvalue weighted by molar-refractivity contribution is 9.10. The molecule has 2 unspecified atom stereocenters. The Morgan fingerprint density at radius 2 is 2.12 bits per heavy atom. The highest BCUT2D eigenvalue weighted by atomic mass is 79.9. The smallest absolute Gasteiger partial charge is 0.247 e. The largest absolute Gasteiger partial charge is 0.397 e. The Kier molecular flexibility index (Phi) is 6.41. The second-order valence-corrected chi connectivity index (χ2v) is 7.33. The first-order valence-corrected chi connectivity index (χ1v) is 9.00. The fourth-order valence-electron chi connectivity index (χ4n) is 2.97. The molecular weight excluding hydrogens is 388 g/mol. The van der Waals surface area contributed by atoms with Gasteiger partial charge in [0, 0.05) is 11.0 Å². The number of nitrogen functional groups attached to an aromatic ring is 1. The first kappa shape index (κ1) is 19.2. The third-order valence-corrected chi connectivity index (χ3v) is 4.78. The number of halogens is 1. The summed E-state index contributed by atoms with van der Waals surface area (Å²) in [5.41, 5.74) is 6.87. The quantitative estimate of drug-likeness (QED) is 0.490. The molecule has 0 bridgehead atoms. The Balaban J connectivity index is 2.13. The number of rotatable bonds is 6. The van der Waals surface area contributed by atoms with Crippen LogP contribution in [-0.2, 0) is 14.4 Å². The highest BCUT2D eigenvalue weighted by Gasteiger charge is 2.38. The van der Waals surface area contributed by atoms with E-state index >= 15 is 0 Å². The van der Waals surface area contributed by atoms with Gasteiger partial charge in [0.05, 0.1) is 11.4 Å². The number of benzene rings is 1. The normalized spacial score (nSPS) is 18.1. The standard InChI is InChI=1S/C17H23BrN4O3/c1-10(2)15(20-9-23)17(25)22-7-3-4-14(22)16(24)21-13-6-5-11(18)8-12(13)19/h5-6,8-10,14-15H,3-4,7,19H2,1-2H3,(H,20,23)(H,21,24). The van der Waals surface area contributed by atoms with E-state index in [0.29, 0.717) is 30.8 Å². The number of nitrogens with two attached hydrogens (primary N) is 1. The molecule has 0 saturated carbocycles. The van der Waals surface area contributed by atoms with Gasteiger partial charge in [-0.25, -0.2) is 0 Å². The maximum Gasteiger partial charge on any atom is 0.247 e. The van der Waals surface area contributed by atoms with Crippen molar-refractivity contribution < 1.29 is 14.4 Å². The number of amides is 3. The fourth-order valence-corrected chi connectivity index (χ4v) is 3.35. The highest BCUT2D eigenvalue weighted by Crippen LogP contribution is 2.26. The number of carbonyl (C=O) groups is 3. The summed E-state index contributed by atoms with van der Waals surface area (Å²) in [5, 5.41) is 5.35. The summed E-state index contributed by atoms with van der Waals surface area (Å²) in [6, 6.07) is 4.00. The molecule has 1 aliphatic rings. The van der Waals surface area contributed by atoms with Crippen LogP contribution in [0.1, 0.15) is 26.7 Å². The Morgan fingerprint density at radius 1 is 1.40 bits per heavy atom. The lowest BCUT2D eigenvalue weighted by atomic mass is 10.0. The van der Waals surface area contributed by atoms with Crippen molar-refractivity contribution in [2.45, 2.75) is 38.8 Å². The molecule has 3 amide bonds. The van der Waals surface area contributed by atoms with Gasteiger partial charge in [-0.1, -0.05) is 29.8 Å². The minimum absolute atomic E-state index is 0.0656. The van der Waals surface area contributed by atoms with Gasteiger partial charge in [-0.15, -0.1) is 0 Å². The van der Waals surface area contributed by atoms with E-state index < -0.39 is 12.1 Å². The Bertz CT molecular complexity index is 665. The van der Waals surface area contributed by atoms with Crippen molar-refractivity contribution in [2.75, 3.05) is 17.6 Å². The van der Waals surface area contributed by atoms with E-state index in [9.17, 15) is 14.4 Å². The fraction of sp³-hybridized carbons (Fsp3) is 0.471. The van der Waals surface area contributed by atoms with Crippen LogP contribution < -0.4 is 16.4 Å². The molecule has 1 aromatic rings. The lowest BCUT2D eigenvalue weighted by molar-refractivity contribution is -0.140. The lowest BCUT2D eigenvalue weighted by Gasteiger charge is -2.29. The molecule has 1 saturated heterocycles. The number of nitrogens with zero attached hydrogens (tertiary/aromatic N) is 1. The summed E-state index contributed by atoms with van der Waals surface area (Å²) in [7, 11) is 0. The minimum atomic E-state index is -0.636. The molecule has 0 aromatic heterocycles. The van der Waals surface area contributed by atoms with Crippen LogP contribution >= 0.6 is 15.9 Å². The maximum atomic E-state index is 12.7. The molecule has 7 nitrogen and oxygen atoms in total.